The van der Waals surface area contributed by atoms with Crippen LogP contribution >= 0.6 is 0 Å². The minimum absolute atomic E-state index is 0.769. The summed E-state index contributed by atoms with van der Waals surface area (Å²) in [6.45, 7) is 6.80. The van der Waals surface area contributed by atoms with Crippen molar-refractivity contribution in [2.45, 2.75) is 27.3 Å². The molecule has 0 saturated heterocycles. The fourth-order valence-electron chi connectivity index (χ4n) is 2.42. The van der Waals surface area contributed by atoms with E-state index in [1.165, 1.54) is 11.1 Å². The molecule has 1 aromatic carbocycles. The average Bonchev–Trinajstić information content (AvgIpc) is 2.72. The number of benzene rings is 1. The van der Waals surface area contributed by atoms with Gasteiger partial charge in [-0.2, -0.15) is 0 Å². The third-order valence-corrected chi connectivity index (χ3v) is 3.19. The fraction of sp³-hybridized carbons (Fsp3) is 0.267. The second kappa shape index (κ2) is 4.46. The normalized spacial score (nSPS) is 11.1. The predicted molar refractivity (Wildman–Crippen MR) is 75.1 cm³/mol. The van der Waals surface area contributed by atoms with E-state index in [9.17, 15) is 0 Å². The predicted octanol–water partition coefficient (Wildman–Crippen LogP) is 2.80. The molecule has 96 valence electrons. The van der Waals surface area contributed by atoms with Gasteiger partial charge in [-0.1, -0.05) is 29.8 Å². The summed E-state index contributed by atoms with van der Waals surface area (Å²) in [5.41, 5.74) is 5.31. The Hall–Kier alpha value is -2.23. The lowest BCUT2D eigenvalue weighted by molar-refractivity contribution is 0.817. The first-order valence-electron chi connectivity index (χ1n) is 6.35. The molecular weight excluding hydrogens is 236 g/mol. The molecule has 0 radical (unpaired) electrons. The molecule has 2 aromatic heterocycles. The van der Waals surface area contributed by atoms with E-state index >= 15 is 0 Å². The summed E-state index contributed by atoms with van der Waals surface area (Å²) in [7, 11) is 0. The van der Waals surface area contributed by atoms with Crippen molar-refractivity contribution >= 4 is 11.2 Å². The number of imidazole rings is 1. The standard InChI is InChI=1S/C15H16N4/c1-10-5-4-6-13(7-10)8-19-9-16-15-14(19)11(2)17-12(3)18-15/h4-7,9H,8H2,1-3H3. The van der Waals surface area contributed by atoms with Gasteiger partial charge in [0.1, 0.15) is 11.3 Å². The van der Waals surface area contributed by atoms with Crippen LogP contribution in [0, 0.1) is 20.8 Å². The quantitative estimate of drug-likeness (QED) is 0.704. The zero-order chi connectivity index (χ0) is 13.4. The maximum absolute atomic E-state index is 4.42. The van der Waals surface area contributed by atoms with Gasteiger partial charge < -0.3 is 4.57 Å². The molecule has 0 atom stereocenters. The largest absolute Gasteiger partial charge is 0.323 e. The minimum atomic E-state index is 0.769. The molecule has 0 saturated carbocycles. The highest BCUT2D eigenvalue weighted by molar-refractivity contribution is 5.73. The van der Waals surface area contributed by atoms with Crippen LogP contribution in [0.3, 0.4) is 0 Å². The van der Waals surface area contributed by atoms with Crippen molar-refractivity contribution in [3.63, 3.8) is 0 Å². The monoisotopic (exact) mass is 252 g/mol. The van der Waals surface area contributed by atoms with E-state index in [2.05, 4.69) is 50.7 Å². The van der Waals surface area contributed by atoms with E-state index < -0.39 is 0 Å². The molecule has 3 aromatic rings. The van der Waals surface area contributed by atoms with E-state index in [-0.39, 0.29) is 0 Å². The molecular formula is C15H16N4. The number of aryl methyl sites for hydroxylation is 3. The molecule has 19 heavy (non-hydrogen) atoms. The second-order valence-corrected chi connectivity index (χ2v) is 4.89. The van der Waals surface area contributed by atoms with Crippen LogP contribution in [0.4, 0.5) is 0 Å². The van der Waals surface area contributed by atoms with Crippen molar-refractivity contribution < 1.29 is 0 Å². The number of nitrogens with zero attached hydrogens (tertiary/aromatic N) is 4. The molecule has 0 unspecified atom stereocenters. The van der Waals surface area contributed by atoms with Gasteiger partial charge in [-0.3, -0.25) is 0 Å². The van der Waals surface area contributed by atoms with Crippen molar-refractivity contribution in [3.8, 4) is 0 Å². The van der Waals surface area contributed by atoms with E-state index in [1.807, 2.05) is 20.2 Å². The van der Waals surface area contributed by atoms with Crippen molar-refractivity contribution in [2.24, 2.45) is 0 Å². The molecule has 0 aliphatic rings. The molecule has 0 N–H and O–H groups in total. The first-order chi connectivity index (χ1) is 9.13. The van der Waals surface area contributed by atoms with Gasteiger partial charge in [-0.25, -0.2) is 15.0 Å². The van der Waals surface area contributed by atoms with Crippen LogP contribution in [-0.2, 0) is 6.54 Å². The highest BCUT2D eigenvalue weighted by Crippen LogP contribution is 2.16. The van der Waals surface area contributed by atoms with Gasteiger partial charge in [-0.15, -0.1) is 0 Å². The second-order valence-electron chi connectivity index (χ2n) is 4.89. The maximum atomic E-state index is 4.42. The summed E-state index contributed by atoms with van der Waals surface area (Å²) >= 11 is 0. The van der Waals surface area contributed by atoms with Crippen LogP contribution in [0.2, 0.25) is 0 Å². The number of fused-ring (bicyclic) bond motifs is 1. The molecule has 3 rings (SSSR count). The number of hydrogen-bond donors (Lipinski definition) is 0. The Bertz CT molecular complexity index is 743. The summed E-state index contributed by atoms with van der Waals surface area (Å²) in [6, 6.07) is 8.50. The number of hydrogen-bond acceptors (Lipinski definition) is 3. The van der Waals surface area contributed by atoms with Crippen LogP contribution in [0.25, 0.3) is 11.2 Å². The van der Waals surface area contributed by atoms with Crippen LogP contribution in [0.5, 0.6) is 0 Å². The van der Waals surface area contributed by atoms with Crippen LogP contribution < -0.4 is 0 Å². The Morgan fingerprint density at radius 2 is 1.95 bits per heavy atom. The topological polar surface area (TPSA) is 43.6 Å². The summed E-state index contributed by atoms with van der Waals surface area (Å²) in [5, 5.41) is 0. The van der Waals surface area contributed by atoms with Gasteiger partial charge in [0.05, 0.1) is 12.0 Å². The summed E-state index contributed by atoms with van der Waals surface area (Å²) < 4.78 is 2.11. The van der Waals surface area contributed by atoms with Crippen LogP contribution in [0.15, 0.2) is 30.6 Å². The lowest BCUT2D eigenvalue weighted by Gasteiger charge is -2.07. The number of rotatable bonds is 2. The van der Waals surface area contributed by atoms with Gasteiger partial charge in [0.2, 0.25) is 0 Å². The van der Waals surface area contributed by atoms with Crippen LogP contribution in [0.1, 0.15) is 22.6 Å². The molecule has 0 bridgehead atoms. The molecule has 0 spiro atoms. The maximum Gasteiger partial charge on any atom is 0.181 e. The van der Waals surface area contributed by atoms with Crippen molar-refractivity contribution in [3.05, 3.63) is 53.2 Å². The Morgan fingerprint density at radius 3 is 2.74 bits per heavy atom. The van der Waals surface area contributed by atoms with E-state index in [1.54, 1.807) is 0 Å². The van der Waals surface area contributed by atoms with E-state index in [0.29, 0.717) is 0 Å². The summed E-state index contributed by atoms with van der Waals surface area (Å²) in [5.74, 6) is 0.769. The van der Waals surface area contributed by atoms with Crippen molar-refractivity contribution in [1.29, 1.82) is 0 Å². The molecule has 4 nitrogen and oxygen atoms in total. The fourth-order valence-corrected chi connectivity index (χ4v) is 2.42. The minimum Gasteiger partial charge on any atom is -0.323 e. The van der Waals surface area contributed by atoms with E-state index in [0.717, 1.165) is 29.2 Å². The molecule has 0 amide bonds. The smallest absolute Gasteiger partial charge is 0.181 e. The van der Waals surface area contributed by atoms with E-state index in [4.69, 9.17) is 0 Å². The lowest BCUT2D eigenvalue weighted by atomic mass is 10.1. The summed E-state index contributed by atoms with van der Waals surface area (Å²) in [6.07, 6.45) is 1.84. The molecule has 0 aliphatic carbocycles. The Balaban J connectivity index is 2.06. The zero-order valence-corrected chi connectivity index (χ0v) is 11.4. The first kappa shape index (κ1) is 11.8. The van der Waals surface area contributed by atoms with Gasteiger partial charge in [0.15, 0.2) is 5.65 Å². The molecule has 0 aliphatic heterocycles. The first-order valence-corrected chi connectivity index (χ1v) is 6.35. The Morgan fingerprint density at radius 1 is 1.11 bits per heavy atom. The lowest BCUT2D eigenvalue weighted by Crippen LogP contribution is -2.01. The van der Waals surface area contributed by atoms with Crippen molar-refractivity contribution in [1.82, 2.24) is 19.5 Å². The van der Waals surface area contributed by atoms with Crippen molar-refractivity contribution in [2.75, 3.05) is 0 Å². The van der Waals surface area contributed by atoms with Gasteiger partial charge in [0.25, 0.3) is 0 Å². The highest BCUT2D eigenvalue weighted by atomic mass is 15.1. The van der Waals surface area contributed by atoms with Gasteiger partial charge in [-0.05, 0) is 26.3 Å². The Labute approximate surface area is 112 Å². The summed E-state index contributed by atoms with van der Waals surface area (Å²) in [4.78, 5) is 13.2. The Kier molecular flexibility index (Phi) is 2.78. The molecule has 4 heteroatoms. The molecule has 0 fully saturated rings. The van der Waals surface area contributed by atoms with Crippen LogP contribution in [-0.4, -0.2) is 19.5 Å². The third kappa shape index (κ3) is 2.21. The third-order valence-electron chi connectivity index (χ3n) is 3.19. The molecule has 2 heterocycles. The number of aromatic nitrogens is 4. The average molecular weight is 252 g/mol. The SMILES string of the molecule is Cc1cccc(Cn2cnc3nc(C)nc(C)c32)c1. The highest BCUT2D eigenvalue weighted by Gasteiger charge is 2.09. The van der Waals surface area contributed by atoms with Gasteiger partial charge in [0, 0.05) is 6.54 Å². The van der Waals surface area contributed by atoms with Gasteiger partial charge >= 0.3 is 0 Å². The zero-order valence-electron chi connectivity index (χ0n) is 11.4.